The van der Waals surface area contributed by atoms with E-state index >= 15 is 0 Å². The Hall–Kier alpha value is -2.07. The second kappa shape index (κ2) is 8.58. The Morgan fingerprint density at radius 1 is 1.30 bits per heavy atom. The van der Waals surface area contributed by atoms with Crippen LogP contribution >= 0.6 is 0 Å². The van der Waals surface area contributed by atoms with Crippen molar-refractivity contribution in [3.05, 3.63) is 39.7 Å². The SMILES string of the molecule is C/C(=N/[S@](=O)C(C)(C)C)c1cc(F)cc2c(=O)n(C(F)F)c(C3CCOCC3)nc12. The zero-order chi connectivity index (χ0) is 22.2. The molecule has 0 spiro atoms. The van der Waals surface area contributed by atoms with Crippen LogP contribution in [0.25, 0.3) is 10.9 Å². The van der Waals surface area contributed by atoms with Gasteiger partial charge in [0.25, 0.3) is 5.56 Å². The molecule has 1 atom stereocenters. The Kier molecular flexibility index (Phi) is 6.47. The average molecular weight is 443 g/mol. The van der Waals surface area contributed by atoms with Gasteiger partial charge in [0.15, 0.2) is 0 Å². The Morgan fingerprint density at radius 2 is 1.93 bits per heavy atom. The van der Waals surface area contributed by atoms with E-state index in [1.54, 1.807) is 20.8 Å². The minimum Gasteiger partial charge on any atom is -0.381 e. The number of rotatable bonds is 4. The summed E-state index contributed by atoms with van der Waals surface area (Å²) in [4.78, 5) is 17.3. The lowest BCUT2D eigenvalue weighted by molar-refractivity contribution is 0.0503. The zero-order valence-corrected chi connectivity index (χ0v) is 18.1. The van der Waals surface area contributed by atoms with Crippen LogP contribution in [0, 0.1) is 5.82 Å². The largest absolute Gasteiger partial charge is 0.381 e. The van der Waals surface area contributed by atoms with E-state index in [9.17, 15) is 22.2 Å². The van der Waals surface area contributed by atoms with Crippen molar-refractivity contribution in [3.63, 3.8) is 0 Å². The third-order valence-corrected chi connectivity index (χ3v) is 6.40. The third kappa shape index (κ3) is 4.49. The molecule has 0 unspecified atom stereocenters. The van der Waals surface area contributed by atoms with Crippen LogP contribution in [0.5, 0.6) is 0 Å². The van der Waals surface area contributed by atoms with E-state index in [-0.39, 0.29) is 33.9 Å². The van der Waals surface area contributed by atoms with Gasteiger partial charge >= 0.3 is 6.55 Å². The molecule has 6 nitrogen and oxygen atoms in total. The summed E-state index contributed by atoms with van der Waals surface area (Å²) in [5, 5.41) is -0.266. The van der Waals surface area contributed by atoms with Gasteiger partial charge in [0.05, 0.1) is 21.4 Å². The predicted molar refractivity (Wildman–Crippen MR) is 110 cm³/mol. The van der Waals surface area contributed by atoms with Crippen LogP contribution in [-0.2, 0) is 15.7 Å². The van der Waals surface area contributed by atoms with Gasteiger partial charge in [-0.3, -0.25) is 4.79 Å². The summed E-state index contributed by atoms with van der Waals surface area (Å²) in [6.07, 6.45) is 0.893. The van der Waals surface area contributed by atoms with Crippen LogP contribution in [0.4, 0.5) is 13.2 Å². The maximum Gasteiger partial charge on any atom is 0.322 e. The van der Waals surface area contributed by atoms with Crippen LogP contribution in [-0.4, -0.2) is 37.4 Å². The minimum atomic E-state index is -3.11. The lowest BCUT2D eigenvalue weighted by Gasteiger charge is -2.24. The number of ether oxygens (including phenoxy) is 1. The van der Waals surface area contributed by atoms with Gasteiger partial charge in [-0.2, -0.15) is 13.2 Å². The monoisotopic (exact) mass is 443 g/mol. The lowest BCUT2D eigenvalue weighted by atomic mass is 9.98. The Balaban J connectivity index is 2.29. The van der Waals surface area contributed by atoms with Crippen LogP contribution < -0.4 is 5.56 Å². The van der Waals surface area contributed by atoms with Crippen molar-refractivity contribution in [2.45, 2.75) is 57.8 Å². The van der Waals surface area contributed by atoms with E-state index < -0.39 is 33.7 Å². The van der Waals surface area contributed by atoms with Crippen LogP contribution in [0.1, 0.15) is 64.4 Å². The highest BCUT2D eigenvalue weighted by molar-refractivity contribution is 7.85. The van der Waals surface area contributed by atoms with Gasteiger partial charge in [-0.1, -0.05) is 0 Å². The molecule has 1 saturated heterocycles. The van der Waals surface area contributed by atoms with Crippen molar-refractivity contribution >= 4 is 27.6 Å². The number of halogens is 3. The van der Waals surface area contributed by atoms with E-state index in [0.717, 1.165) is 12.1 Å². The molecule has 0 bridgehead atoms. The summed E-state index contributed by atoms with van der Waals surface area (Å²) >= 11 is 0. The molecule has 1 aliphatic heterocycles. The topological polar surface area (TPSA) is 73.5 Å². The second-order valence-corrected chi connectivity index (χ2v) is 10.1. The Bertz CT molecular complexity index is 1070. The fourth-order valence-electron chi connectivity index (χ4n) is 3.30. The third-order valence-electron chi connectivity index (χ3n) is 4.91. The first-order chi connectivity index (χ1) is 14.0. The molecule has 1 aromatic carbocycles. The number of hydrogen-bond acceptors (Lipinski definition) is 4. The minimum absolute atomic E-state index is 0.0524. The molecule has 2 aromatic rings. The standard InChI is InChI=1S/C20H24F3N3O3S/c1-11(25-30(28)20(2,3)4)14-9-13(21)10-15-16(14)24-17(12-5-7-29-8-6-12)26(18(15)27)19(22)23/h9-10,12,19H,5-8H2,1-4H3/b25-11-/t30-/m1/s1. The van der Waals surface area contributed by atoms with Gasteiger partial charge in [0.1, 0.15) is 22.6 Å². The number of aromatic nitrogens is 2. The average Bonchev–Trinajstić information content (AvgIpc) is 2.67. The first-order valence-electron chi connectivity index (χ1n) is 9.60. The number of alkyl halides is 2. The Morgan fingerprint density at radius 3 is 2.50 bits per heavy atom. The van der Waals surface area contributed by atoms with Gasteiger partial charge in [0.2, 0.25) is 0 Å². The van der Waals surface area contributed by atoms with Crippen molar-refractivity contribution in [1.29, 1.82) is 0 Å². The number of fused-ring (bicyclic) bond motifs is 1. The van der Waals surface area contributed by atoms with E-state index in [2.05, 4.69) is 9.38 Å². The maximum absolute atomic E-state index is 14.3. The van der Waals surface area contributed by atoms with Gasteiger partial charge in [-0.25, -0.2) is 18.2 Å². The molecule has 1 fully saturated rings. The molecule has 2 heterocycles. The molecule has 1 aromatic heterocycles. The van der Waals surface area contributed by atoms with Gasteiger partial charge in [-0.15, -0.1) is 0 Å². The first kappa shape index (κ1) is 22.6. The number of hydrogen-bond donors (Lipinski definition) is 0. The second-order valence-electron chi connectivity index (χ2n) is 8.20. The van der Waals surface area contributed by atoms with Crippen LogP contribution in [0.15, 0.2) is 21.3 Å². The van der Waals surface area contributed by atoms with Crippen molar-refractivity contribution < 1.29 is 22.1 Å². The molecule has 10 heteroatoms. The van der Waals surface area contributed by atoms with Crippen molar-refractivity contribution in [1.82, 2.24) is 9.55 Å². The maximum atomic E-state index is 14.3. The molecular formula is C20H24F3N3O3S. The molecule has 0 amide bonds. The van der Waals surface area contributed by atoms with Crippen LogP contribution in [0.2, 0.25) is 0 Å². The predicted octanol–water partition coefficient (Wildman–Crippen LogP) is 4.10. The quantitative estimate of drug-likeness (QED) is 0.667. The fraction of sp³-hybridized carbons (Fsp3) is 0.550. The van der Waals surface area contributed by atoms with Crippen molar-refractivity contribution in [2.24, 2.45) is 4.40 Å². The number of benzene rings is 1. The van der Waals surface area contributed by atoms with Gasteiger partial charge < -0.3 is 4.74 Å². The van der Waals surface area contributed by atoms with Crippen molar-refractivity contribution in [2.75, 3.05) is 13.2 Å². The van der Waals surface area contributed by atoms with Gasteiger partial charge in [-0.05, 0) is 52.7 Å². The van der Waals surface area contributed by atoms with Crippen molar-refractivity contribution in [3.8, 4) is 0 Å². The van der Waals surface area contributed by atoms with Gasteiger partial charge in [0, 0.05) is 24.7 Å². The molecule has 164 valence electrons. The summed E-state index contributed by atoms with van der Waals surface area (Å²) in [5.41, 5.74) is -0.559. The molecule has 0 saturated carbocycles. The summed E-state index contributed by atoms with van der Waals surface area (Å²) < 4.78 is 63.4. The van der Waals surface area contributed by atoms with Crippen LogP contribution in [0.3, 0.4) is 0 Å². The summed E-state index contributed by atoms with van der Waals surface area (Å²) in [7, 11) is -1.63. The Labute approximate surface area is 174 Å². The molecule has 0 radical (unpaired) electrons. The zero-order valence-electron chi connectivity index (χ0n) is 17.2. The summed E-state index contributed by atoms with van der Waals surface area (Å²) in [6, 6.07) is 2.03. The normalized spacial score (nSPS) is 17.7. The van der Waals surface area contributed by atoms with E-state index in [1.165, 1.54) is 6.92 Å². The lowest BCUT2D eigenvalue weighted by Crippen LogP contribution is -2.30. The molecule has 3 rings (SSSR count). The highest BCUT2D eigenvalue weighted by atomic mass is 32.2. The highest BCUT2D eigenvalue weighted by Gasteiger charge is 2.28. The van der Waals surface area contributed by atoms with E-state index in [1.807, 2.05) is 0 Å². The summed E-state index contributed by atoms with van der Waals surface area (Å²) in [5.74, 6) is -1.22. The first-order valence-corrected chi connectivity index (χ1v) is 10.7. The molecular weight excluding hydrogens is 419 g/mol. The number of nitrogens with zero attached hydrogens (tertiary/aromatic N) is 3. The smallest absolute Gasteiger partial charge is 0.322 e. The highest BCUT2D eigenvalue weighted by Crippen LogP contribution is 2.29. The summed E-state index contributed by atoms with van der Waals surface area (Å²) in [6.45, 7) is 4.41. The molecule has 0 aliphatic carbocycles. The van der Waals surface area contributed by atoms with E-state index in [0.29, 0.717) is 30.6 Å². The molecule has 30 heavy (non-hydrogen) atoms. The molecule has 0 N–H and O–H groups in total. The fourth-order valence-corrected chi connectivity index (χ4v) is 3.92. The molecule has 1 aliphatic rings. The van der Waals surface area contributed by atoms with E-state index in [4.69, 9.17) is 4.74 Å².